The van der Waals surface area contributed by atoms with Crippen LogP contribution < -0.4 is 4.74 Å². The summed E-state index contributed by atoms with van der Waals surface area (Å²) >= 11 is 0. The van der Waals surface area contributed by atoms with E-state index in [-0.39, 0.29) is 29.4 Å². The molecule has 2 rings (SSSR count). The fraction of sp³-hybridized carbons (Fsp3) is 0.125. The topological polar surface area (TPSA) is 95.7 Å². The van der Waals surface area contributed by atoms with Crippen LogP contribution in [0, 0.1) is 10.1 Å². The van der Waals surface area contributed by atoms with Gasteiger partial charge in [-0.2, -0.15) is 0 Å². The number of esters is 2. The highest BCUT2D eigenvalue weighted by Crippen LogP contribution is 2.17. The average Bonchev–Trinajstić information content (AvgIpc) is 2.56. The lowest BCUT2D eigenvalue weighted by Gasteiger charge is -2.05. The van der Waals surface area contributed by atoms with Crippen LogP contribution in [0.5, 0.6) is 5.75 Å². The zero-order valence-corrected chi connectivity index (χ0v) is 12.2. The zero-order chi connectivity index (χ0) is 16.8. The van der Waals surface area contributed by atoms with E-state index in [9.17, 15) is 19.7 Å². The smallest absolute Gasteiger partial charge is 0.343 e. The molecule has 7 nitrogen and oxygen atoms in total. The second-order valence-corrected chi connectivity index (χ2v) is 4.59. The number of rotatable bonds is 5. The molecule has 0 aliphatic heterocycles. The predicted molar refractivity (Wildman–Crippen MR) is 80.2 cm³/mol. The summed E-state index contributed by atoms with van der Waals surface area (Å²) in [5.74, 6) is -0.795. The van der Waals surface area contributed by atoms with Gasteiger partial charge < -0.3 is 9.47 Å². The number of carbonyl (C=O) groups excluding carboxylic acids is 2. The number of benzene rings is 2. The monoisotopic (exact) mass is 315 g/mol. The van der Waals surface area contributed by atoms with Gasteiger partial charge in [0, 0.05) is 12.1 Å². The number of carbonyl (C=O) groups is 2. The molecular weight excluding hydrogens is 302 g/mol. The lowest BCUT2D eigenvalue weighted by atomic mass is 10.1. The quantitative estimate of drug-likeness (QED) is 0.364. The summed E-state index contributed by atoms with van der Waals surface area (Å²) in [6, 6.07) is 11.6. The molecule has 0 spiro atoms. The third kappa shape index (κ3) is 4.37. The predicted octanol–water partition coefficient (Wildman–Crippen LogP) is 2.53. The van der Waals surface area contributed by atoms with E-state index in [4.69, 9.17) is 4.74 Å². The Balaban J connectivity index is 2.07. The van der Waals surface area contributed by atoms with E-state index in [1.165, 1.54) is 37.4 Å². The molecule has 0 saturated heterocycles. The van der Waals surface area contributed by atoms with Crippen LogP contribution in [0.3, 0.4) is 0 Å². The van der Waals surface area contributed by atoms with E-state index >= 15 is 0 Å². The normalized spacial score (nSPS) is 9.96. The van der Waals surface area contributed by atoms with Crippen molar-refractivity contribution in [2.24, 2.45) is 0 Å². The summed E-state index contributed by atoms with van der Waals surface area (Å²) in [5, 5.41) is 10.7. The van der Waals surface area contributed by atoms with Crippen molar-refractivity contribution in [3.05, 3.63) is 69.8 Å². The van der Waals surface area contributed by atoms with Gasteiger partial charge in [-0.05, 0) is 23.8 Å². The molecule has 0 heterocycles. The van der Waals surface area contributed by atoms with E-state index in [1.807, 2.05) is 0 Å². The number of hydrogen-bond donors (Lipinski definition) is 0. The van der Waals surface area contributed by atoms with E-state index in [0.717, 1.165) is 6.07 Å². The van der Waals surface area contributed by atoms with Gasteiger partial charge in [0.2, 0.25) is 0 Å². The molecule has 0 N–H and O–H groups in total. The van der Waals surface area contributed by atoms with Crippen LogP contribution in [0.15, 0.2) is 48.5 Å². The van der Waals surface area contributed by atoms with Crippen molar-refractivity contribution in [1.29, 1.82) is 0 Å². The molecule has 0 aliphatic rings. The molecule has 0 amide bonds. The molecule has 2 aromatic carbocycles. The van der Waals surface area contributed by atoms with Gasteiger partial charge in [0.1, 0.15) is 5.75 Å². The van der Waals surface area contributed by atoms with Crippen LogP contribution in [0.2, 0.25) is 0 Å². The molecule has 23 heavy (non-hydrogen) atoms. The minimum Gasteiger partial charge on any atom is -0.469 e. The summed E-state index contributed by atoms with van der Waals surface area (Å²) in [4.78, 5) is 33.2. The average molecular weight is 315 g/mol. The fourth-order valence-corrected chi connectivity index (χ4v) is 1.83. The summed E-state index contributed by atoms with van der Waals surface area (Å²) in [6.45, 7) is 0. The minimum atomic E-state index is -0.700. The maximum atomic E-state index is 12.0. The van der Waals surface area contributed by atoms with Crippen LogP contribution in [0.1, 0.15) is 15.9 Å². The molecule has 0 radical (unpaired) electrons. The highest BCUT2D eigenvalue weighted by molar-refractivity contribution is 5.91. The van der Waals surface area contributed by atoms with Crippen molar-refractivity contribution in [1.82, 2.24) is 0 Å². The fourth-order valence-electron chi connectivity index (χ4n) is 1.83. The van der Waals surface area contributed by atoms with Crippen LogP contribution in [0.25, 0.3) is 0 Å². The zero-order valence-electron chi connectivity index (χ0n) is 12.2. The van der Waals surface area contributed by atoms with E-state index < -0.39 is 10.9 Å². The van der Waals surface area contributed by atoms with Crippen molar-refractivity contribution in [3.63, 3.8) is 0 Å². The first-order valence-electron chi connectivity index (χ1n) is 6.62. The second-order valence-electron chi connectivity index (χ2n) is 4.59. The first-order valence-corrected chi connectivity index (χ1v) is 6.62. The molecular formula is C16H13NO6. The van der Waals surface area contributed by atoms with Crippen LogP contribution in [-0.4, -0.2) is 24.0 Å². The molecule has 0 atom stereocenters. The molecule has 0 aromatic heterocycles. The Morgan fingerprint density at radius 3 is 2.43 bits per heavy atom. The highest BCUT2D eigenvalue weighted by Gasteiger charge is 2.13. The van der Waals surface area contributed by atoms with Gasteiger partial charge in [-0.1, -0.05) is 18.2 Å². The molecule has 0 unspecified atom stereocenters. The van der Waals surface area contributed by atoms with E-state index in [1.54, 1.807) is 12.1 Å². The Bertz CT molecular complexity index is 738. The van der Waals surface area contributed by atoms with Gasteiger partial charge in [-0.15, -0.1) is 0 Å². The van der Waals surface area contributed by atoms with Gasteiger partial charge >= 0.3 is 11.9 Å². The maximum Gasteiger partial charge on any atom is 0.343 e. The van der Waals surface area contributed by atoms with Crippen molar-refractivity contribution in [2.45, 2.75) is 6.42 Å². The largest absolute Gasteiger partial charge is 0.469 e. The number of nitro groups is 1. The lowest BCUT2D eigenvalue weighted by Crippen LogP contribution is -2.09. The molecule has 2 aromatic rings. The summed E-state index contributed by atoms with van der Waals surface area (Å²) in [6.07, 6.45) is 0.121. The SMILES string of the molecule is COC(=O)Cc1ccc(OC(=O)c2cccc([N+](=O)[O-])c2)cc1. The third-order valence-electron chi connectivity index (χ3n) is 3.00. The standard InChI is InChI=1S/C16H13NO6/c1-22-15(18)9-11-5-7-14(8-6-11)23-16(19)12-3-2-4-13(10-12)17(20)21/h2-8,10H,9H2,1H3. The van der Waals surface area contributed by atoms with Crippen molar-refractivity contribution >= 4 is 17.6 Å². The maximum absolute atomic E-state index is 12.0. The lowest BCUT2D eigenvalue weighted by molar-refractivity contribution is -0.384. The number of non-ortho nitro benzene ring substituents is 1. The van der Waals surface area contributed by atoms with Crippen LogP contribution in [-0.2, 0) is 16.0 Å². The van der Waals surface area contributed by atoms with Crippen LogP contribution in [0.4, 0.5) is 5.69 Å². The van der Waals surface area contributed by atoms with Gasteiger partial charge in [0.25, 0.3) is 5.69 Å². The molecule has 0 bridgehead atoms. The first kappa shape index (κ1) is 16.2. The molecule has 7 heteroatoms. The summed E-state index contributed by atoms with van der Waals surface area (Å²) in [7, 11) is 1.30. The Labute approximate surface area is 131 Å². The molecule has 0 saturated carbocycles. The second kappa shape index (κ2) is 7.17. The Morgan fingerprint density at radius 2 is 1.83 bits per heavy atom. The Hall–Kier alpha value is -3.22. The number of methoxy groups -OCH3 is 1. The van der Waals surface area contributed by atoms with Gasteiger partial charge in [-0.3, -0.25) is 14.9 Å². The first-order chi connectivity index (χ1) is 11.0. The Morgan fingerprint density at radius 1 is 1.13 bits per heavy atom. The molecule has 0 fully saturated rings. The van der Waals surface area contributed by atoms with Crippen LogP contribution >= 0.6 is 0 Å². The Kier molecular flexibility index (Phi) is 5.03. The number of ether oxygens (including phenoxy) is 2. The summed E-state index contributed by atoms with van der Waals surface area (Å²) in [5.41, 5.74) is 0.609. The van der Waals surface area contributed by atoms with Gasteiger partial charge in [-0.25, -0.2) is 4.79 Å². The molecule has 0 aliphatic carbocycles. The minimum absolute atomic E-state index is 0.0813. The highest BCUT2D eigenvalue weighted by atomic mass is 16.6. The van der Waals surface area contributed by atoms with Crippen molar-refractivity contribution in [2.75, 3.05) is 7.11 Å². The summed E-state index contributed by atoms with van der Waals surface area (Å²) < 4.78 is 9.70. The third-order valence-corrected chi connectivity index (χ3v) is 3.00. The number of nitrogens with zero attached hydrogens (tertiary/aromatic N) is 1. The number of hydrogen-bond acceptors (Lipinski definition) is 6. The van der Waals surface area contributed by atoms with Crippen molar-refractivity contribution in [3.8, 4) is 5.75 Å². The van der Waals surface area contributed by atoms with Crippen molar-refractivity contribution < 1.29 is 24.0 Å². The number of nitro benzene ring substituents is 1. The van der Waals surface area contributed by atoms with E-state index in [2.05, 4.69) is 4.74 Å². The van der Waals surface area contributed by atoms with E-state index in [0.29, 0.717) is 5.56 Å². The van der Waals surface area contributed by atoms with Gasteiger partial charge in [0.15, 0.2) is 0 Å². The van der Waals surface area contributed by atoms with Gasteiger partial charge in [0.05, 0.1) is 24.0 Å². The molecule has 118 valence electrons.